The van der Waals surface area contributed by atoms with Crippen molar-refractivity contribution in [3.8, 4) is 0 Å². The number of nitrogens with one attached hydrogen (secondary N) is 1. The lowest BCUT2D eigenvalue weighted by atomic mass is 10.1. The van der Waals surface area contributed by atoms with Crippen molar-refractivity contribution in [2.75, 3.05) is 20.3 Å². The number of ether oxygens (including phenoxy) is 1. The first-order valence-electron chi connectivity index (χ1n) is 6.20. The third-order valence-electron chi connectivity index (χ3n) is 2.70. The van der Waals surface area contributed by atoms with Crippen molar-refractivity contribution in [1.29, 1.82) is 0 Å². The molecule has 0 saturated heterocycles. The second-order valence-electron chi connectivity index (χ2n) is 3.93. The molecule has 17 heavy (non-hydrogen) atoms. The van der Waals surface area contributed by atoms with Gasteiger partial charge in [-0.1, -0.05) is 6.92 Å². The van der Waals surface area contributed by atoms with Gasteiger partial charge < -0.3 is 10.1 Å². The summed E-state index contributed by atoms with van der Waals surface area (Å²) in [5, 5.41) is 7.72. The van der Waals surface area contributed by atoms with Gasteiger partial charge in [0, 0.05) is 19.8 Å². The molecule has 1 heterocycles. The maximum Gasteiger partial charge on any atom is 0.0696 e. The summed E-state index contributed by atoms with van der Waals surface area (Å²) in [6, 6.07) is 0.282. The number of rotatable bonds is 8. The highest BCUT2D eigenvalue weighted by Gasteiger charge is 2.18. The molecule has 0 fully saturated rings. The van der Waals surface area contributed by atoms with Crippen LogP contribution < -0.4 is 5.32 Å². The highest BCUT2D eigenvalue weighted by Crippen LogP contribution is 2.25. The van der Waals surface area contributed by atoms with Gasteiger partial charge in [0.05, 0.1) is 22.4 Å². The molecule has 0 saturated carbocycles. The van der Waals surface area contributed by atoms with Gasteiger partial charge >= 0.3 is 0 Å². The Morgan fingerprint density at radius 3 is 2.88 bits per heavy atom. The summed E-state index contributed by atoms with van der Waals surface area (Å²) in [7, 11) is 1.98. The summed E-state index contributed by atoms with van der Waals surface area (Å²) in [5.74, 6) is 0. The van der Waals surface area contributed by atoms with Gasteiger partial charge in [0.2, 0.25) is 0 Å². The molecular formula is C12H22BrN3O. The number of aromatic nitrogens is 2. The summed E-state index contributed by atoms with van der Waals surface area (Å²) in [4.78, 5) is 0. The minimum absolute atomic E-state index is 0.282. The van der Waals surface area contributed by atoms with Crippen molar-refractivity contribution in [2.24, 2.45) is 0 Å². The molecule has 1 aromatic rings. The van der Waals surface area contributed by atoms with E-state index in [-0.39, 0.29) is 6.04 Å². The molecule has 0 amide bonds. The smallest absolute Gasteiger partial charge is 0.0696 e. The Balaban J connectivity index is 2.75. The molecule has 1 aromatic heterocycles. The molecule has 0 aliphatic carbocycles. The van der Waals surface area contributed by atoms with Crippen molar-refractivity contribution in [1.82, 2.24) is 15.1 Å². The maximum atomic E-state index is 5.42. The van der Waals surface area contributed by atoms with E-state index in [4.69, 9.17) is 4.74 Å². The van der Waals surface area contributed by atoms with Crippen LogP contribution in [0.4, 0.5) is 0 Å². The minimum atomic E-state index is 0.282. The molecular weight excluding hydrogens is 282 g/mol. The van der Waals surface area contributed by atoms with E-state index in [1.54, 1.807) is 0 Å². The first-order chi connectivity index (χ1) is 8.24. The van der Waals surface area contributed by atoms with Crippen LogP contribution in [0, 0.1) is 0 Å². The van der Waals surface area contributed by atoms with E-state index in [0.29, 0.717) is 0 Å². The Hall–Kier alpha value is -0.390. The van der Waals surface area contributed by atoms with Gasteiger partial charge in [0.15, 0.2) is 0 Å². The monoisotopic (exact) mass is 303 g/mol. The molecule has 98 valence electrons. The normalized spacial score (nSPS) is 12.9. The summed E-state index contributed by atoms with van der Waals surface area (Å²) < 4.78 is 8.56. The van der Waals surface area contributed by atoms with Gasteiger partial charge in [0.25, 0.3) is 0 Å². The van der Waals surface area contributed by atoms with Crippen molar-refractivity contribution < 1.29 is 4.74 Å². The Kier molecular flexibility index (Phi) is 6.77. The van der Waals surface area contributed by atoms with Crippen LogP contribution in [-0.4, -0.2) is 30.0 Å². The Bertz CT molecular complexity index is 328. The van der Waals surface area contributed by atoms with Crippen molar-refractivity contribution in [3.63, 3.8) is 0 Å². The second kappa shape index (κ2) is 7.84. The van der Waals surface area contributed by atoms with E-state index in [1.165, 1.54) is 5.69 Å². The molecule has 0 aliphatic rings. The van der Waals surface area contributed by atoms with E-state index < -0.39 is 0 Å². The van der Waals surface area contributed by atoms with Crippen molar-refractivity contribution in [3.05, 3.63) is 16.4 Å². The lowest BCUT2D eigenvalue weighted by Gasteiger charge is -2.18. The quantitative estimate of drug-likeness (QED) is 0.751. The molecule has 1 atom stereocenters. The predicted molar refractivity (Wildman–Crippen MR) is 73.1 cm³/mol. The summed E-state index contributed by atoms with van der Waals surface area (Å²) in [6.45, 7) is 6.67. The highest BCUT2D eigenvalue weighted by molar-refractivity contribution is 9.10. The van der Waals surface area contributed by atoms with Crippen LogP contribution in [0.2, 0.25) is 0 Å². The van der Waals surface area contributed by atoms with Crippen molar-refractivity contribution in [2.45, 2.75) is 39.3 Å². The van der Waals surface area contributed by atoms with Crippen LogP contribution >= 0.6 is 15.9 Å². The largest absolute Gasteiger partial charge is 0.382 e. The Morgan fingerprint density at radius 1 is 1.53 bits per heavy atom. The molecule has 0 spiro atoms. The number of aryl methyl sites for hydroxylation is 1. The molecule has 5 heteroatoms. The zero-order valence-corrected chi connectivity index (χ0v) is 12.5. The van der Waals surface area contributed by atoms with Crippen LogP contribution in [0.3, 0.4) is 0 Å². The van der Waals surface area contributed by atoms with Gasteiger partial charge in [-0.15, -0.1) is 0 Å². The number of halogens is 1. The zero-order chi connectivity index (χ0) is 12.7. The number of nitrogens with zero attached hydrogens (tertiary/aromatic N) is 2. The fraction of sp³-hybridized carbons (Fsp3) is 0.750. The average Bonchev–Trinajstić information content (AvgIpc) is 2.68. The van der Waals surface area contributed by atoms with Crippen LogP contribution in [-0.2, 0) is 11.3 Å². The van der Waals surface area contributed by atoms with Crippen molar-refractivity contribution >= 4 is 15.9 Å². The molecule has 4 nitrogen and oxygen atoms in total. The standard InChI is InChI=1S/C12H22BrN3O/c1-4-7-16-12(10(13)9-15-16)11(14-3)6-8-17-5-2/h9,11,14H,4-8H2,1-3H3. The summed E-state index contributed by atoms with van der Waals surface area (Å²) in [5.41, 5.74) is 1.22. The summed E-state index contributed by atoms with van der Waals surface area (Å²) >= 11 is 3.57. The van der Waals surface area contributed by atoms with E-state index in [2.05, 4.69) is 38.0 Å². The molecule has 0 radical (unpaired) electrons. The van der Waals surface area contributed by atoms with Gasteiger partial charge in [-0.05, 0) is 42.7 Å². The van der Waals surface area contributed by atoms with E-state index in [9.17, 15) is 0 Å². The Morgan fingerprint density at radius 2 is 2.29 bits per heavy atom. The van der Waals surface area contributed by atoms with E-state index in [1.807, 2.05) is 20.2 Å². The first-order valence-corrected chi connectivity index (χ1v) is 7.00. The fourth-order valence-corrected chi connectivity index (χ4v) is 2.44. The van der Waals surface area contributed by atoms with Crippen LogP contribution in [0.15, 0.2) is 10.7 Å². The van der Waals surface area contributed by atoms with Gasteiger partial charge in [-0.25, -0.2) is 0 Å². The SMILES string of the molecule is CCCn1ncc(Br)c1C(CCOCC)NC. The Labute approximate surface area is 112 Å². The van der Waals surface area contributed by atoms with E-state index in [0.717, 1.165) is 37.1 Å². The number of hydrogen-bond acceptors (Lipinski definition) is 3. The molecule has 0 bridgehead atoms. The van der Waals surface area contributed by atoms with Crippen LogP contribution in [0.1, 0.15) is 38.4 Å². The lowest BCUT2D eigenvalue weighted by molar-refractivity contribution is 0.136. The van der Waals surface area contributed by atoms with Gasteiger partial charge in [0.1, 0.15) is 0 Å². The second-order valence-corrected chi connectivity index (χ2v) is 4.78. The van der Waals surface area contributed by atoms with Crippen LogP contribution in [0.25, 0.3) is 0 Å². The third-order valence-corrected chi connectivity index (χ3v) is 3.31. The topological polar surface area (TPSA) is 39.1 Å². The van der Waals surface area contributed by atoms with E-state index >= 15 is 0 Å². The molecule has 0 aliphatic heterocycles. The summed E-state index contributed by atoms with van der Waals surface area (Å²) in [6.07, 6.45) is 3.91. The minimum Gasteiger partial charge on any atom is -0.382 e. The highest BCUT2D eigenvalue weighted by atomic mass is 79.9. The van der Waals surface area contributed by atoms with Crippen LogP contribution in [0.5, 0.6) is 0 Å². The first kappa shape index (κ1) is 14.7. The molecule has 1 rings (SSSR count). The zero-order valence-electron chi connectivity index (χ0n) is 10.9. The average molecular weight is 304 g/mol. The fourth-order valence-electron chi connectivity index (χ4n) is 1.87. The molecule has 1 N–H and O–H groups in total. The molecule has 1 unspecified atom stereocenters. The molecule has 0 aromatic carbocycles. The van der Waals surface area contributed by atoms with Gasteiger partial charge in [-0.2, -0.15) is 5.10 Å². The lowest BCUT2D eigenvalue weighted by Crippen LogP contribution is -2.22. The predicted octanol–water partition coefficient (Wildman–Crippen LogP) is 2.74. The third kappa shape index (κ3) is 4.08. The number of hydrogen-bond donors (Lipinski definition) is 1. The van der Waals surface area contributed by atoms with Gasteiger partial charge in [-0.3, -0.25) is 4.68 Å². The maximum absolute atomic E-state index is 5.42.